The normalized spacial score (nSPS) is 17.5. The highest BCUT2D eigenvalue weighted by molar-refractivity contribution is 7.99. The van der Waals surface area contributed by atoms with Crippen LogP contribution >= 0.6 is 11.8 Å². The van der Waals surface area contributed by atoms with E-state index >= 15 is 0 Å². The van der Waals surface area contributed by atoms with Gasteiger partial charge in [0.15, 0.2) is 10.8 Å². The zero-order chi connectivity index (χ0) is 11.7. The maximum atomic E-state index is 4.23. The van der Waals surface area contributed by atoms with Crippen molar-refractivity contribution in [2.45, 2.75) is 36.2 Å². The van der Waals surface area contributed by atoms with Crippen molar-refractivity contribution >= 4 is 17.4 Å². The molecule has 4 nitrogen and oxygen atoms in total. The molecule has 0 spiro atoms. The Hall–Kier alpha value is -1.07. The number of pyridine rings is 1. The Morgan fingerprint density at radius 1 is 1.47 bits per heavy atom. The molecule has 1 saturated carbocycles. The minimum Gasteiger partial charge on any atom is -0.313 e. The van der Waals surface area contributed by atoms with Crippen LogP contribution in [-0.2, 0) is 0 Å². The van der Waals surface area contributed by atoms with Crippen molar-refractivity contribution in [3.05, 3.63) is 24.4 Å². The molecule has 0 amide bonds. The molecule has 2 aromatic heterocycles. The lowest BCUT2D eigenvalue weighted by atomic mass is 10.4. The van der Waals surface area contributed by atoms with Crippen molar-refractivity contribution in [3.63, 3.8) is 0 Å². The first-order valence-electron chi connectivity index (χ1n) is 6.03. The lowest BCUT2D eigenvalue weighted by molar-refractivity contribution is 0.677. The van der Waals surface area contributed by atoms with Crippen LogP contribution in [0, 0.1) is 0 Å². The van der Waals surface area contributed by atoms with Gasteiger partial charge in [-0.2, -0.15) is 0 Å². The summed E-state index contributed by atoms with van der Waals surface area (Å²) in [5.74, 6) is 0. The van der Waals surface area contributed by atoms with Crippen molar-refractivity contribution in [1.29, 1.82) is 0 Å². The molecule has 1 atom stereocenters. The molecule has 0 bridgehead atoms. The van der Waals surface area contributed by atoms with Crippen molar-refractivity contribution in [2.75, 3.05) is 6.54 Å². The van der Waals surface area contributed by atoms with Crippen molar-refractivity contribution in [2.24, 2.45) is 0 Å². The summed E-state index contributed by atoms with van der Waals surface area (Å²) in [7, 11) is 0. The minimum absolute atomic E-state index is 0.517. The third kappa shape index (κ3) is 2.61. The third-order valence-electron chi connectivity index (χ3n) is 2.86. The van der Waals surface area contributed by atoms with E-state index in [2.05, 4.69) is 22.4 Å². The highest BCUT2D eigenvalue weighted by Gasteiger charge is 2.21. The standard InChI is InChI=1S/C12H16N4S/c1-9(8-13-10-5-6-10)17-12-15-14-11-4-2-3-7-16(11)12/h2-4,7,9-10,13H,5-6,8H2,1H3. The number of hydrogen-bond acceptors (Lipinski definition) is 4. The van der Waals surface area contributed by atoms with E-state index in [0.717, 1.165) is 23.4 Å². The first-order chi connectivity index (χ1) is 8.33. The van der Waals surface area contributed by atoms with Crippen LogP contribution in [0.2, 0.25) is 0 Å². The summed E-state index contributed by atoms with van der Waals surface area (Å²) in [5, 5.41) is 13.4. The van der Waals surface area contributed by atoms with Crippen LogP contribution in [0.1, 0.15) is 19.8 Å². The Labute approximate surface area is 105 Å². The van der Waals surface area contributed by atoms with Crippen LogP contribution in [0.5, 0.6) is 0 Å². The number of thioether (sulfide) groups is 1. The quantitative estimate of drug-likeness (QED) is 0.821. The van der Waals surface area contributed by atoms with Gasteiger partial charge in [0.25, 0.3) is 0 Å². The van der Waals surface area contributed by atoms with Gasteiger partial charge in [-0.1, -0.05) is 24.8 Å². The molecule has 0 radical (unpaired) electrons. The van der Waals surface area contributed by atoms with Gasteiger partial charge in [0.1, 0.15) is 0 Å². The fraction of sp³-hybridized carbons (Fsp3) is 0.500. The zero-order valence-electron chi connectivity index (χ0n) is 9.84. The molecule has 2 aromatic rings. The predicted molar refractivity (Wildman–Crippen MR) is 69.3 cm³/mol. The van der Waals surface area contributed by atoms with Gasteiger partial charge < -0.3 is 5.32 Å². The average molecular weight is 248 g/mol. The molecule has 5 heteroatoms. The van der Waals surface area contributed by atoms with E-state index in [1.165, 1.54) is 12.8 Å². The van der Waals surface area contributed by atoms with E-state index in [9.17, 15) is 0 Å². The highest BCUT2D eigenvalue weighted by Crippen LogP contribution is 2.23. The summed E-state index contributed by atoms with van der Waals surface area (Å²) in [6, 6.07) is 6.74. The molecular weight excluding hydrogens is 232 g/mol. The molecule has 90 valence electrons. The molecule has 2 heterocycles. The molecule has 1 aliphatic rings. The van der Waals surface area contributed by atoms with Gasteiger partial charge in [-0.3, -0.25) is 4.40 Å². The molecule has 1 fully saturated rings. The molecule has 3 rings (SSSR count). The van der Waals surface area contributed by atoms with E-state index in [1.807, 2.05) is 28.8 Å². The van der Waals surface area contributed by atoms with E-state index in [-0.39, 0.29) is 0 Å². The molecule has 0 aromatic carbocycles. The predicted octanol–water partition coefficient (Wildman–Crippen LogP) is 1.96. The second-order valence-electron chi connectivity index (χ2n) is 4.52. The van der Waals surface area contributed by atoms with E-state index in [1.54, 1.807) is 11.8 Å². The molecule has 17 heavy (non-hydrogen) atoms. The number of fused-ring (bicyclic) bond motifs is 1. The topological polar surface area (TPSA) is 42.2 Å². The summed E-state index contributed by atoms with van der Waals surface area (Å²) in [5.41, 5.74) is 0.914. The van der Waals surface area contributed by atoms with E-state index in [4.69, 9.17) is 0 Å². The summed E-state index contributed by atoms with van der Waals surface area (Å²) in [6.45, 7) is 3.27. The van der Waals surface area contributed by atoms with Gasteiger partial charge in [0, 0.05) is 24.0 Å². The summed E-state index contributed by atoms with van der Waals surface area (Å²) < 4.78 is 2.04. The van der Waals surface area contributed by atoms with Crippen molar-refractivity contribution in [3.8, 4) is 0 Å². The Bertz CT molecular complexity index is 506. The summed E-state index contributed by atoms with van der Waals surface area (Å²) >= 11 is 1.78. The number of rotatable bonds is 5. The number of nitrogens with one attached hydrogen (secondary N) is 1. The second kappa shape index (κ2) is 4.66. The Morgan fingerprint density at radius 2 is 2.35 bits per heavy atom. The summed E-state index contributed by atoms with van der Waals surface area (Å²) in [6.07, 6.45) is 4.69. The number of nitrogens with zero attached hydrogens (tertiary/aromatic N) is 3. The zero-order valence-corrected chi connectivity index (χ0v) is 10.7. The molecular formula is C12H16N4S. The van der Waals surface area contributed by atoms with Crippen LogP contribution in [0.4, 0.5) is 0 Å². The molecule has 1 aliphatic carbocycles. The molecule has 1 N–H and O–H groups in total. The van der Waals surface area contributed by atoms with Crippen LogP contribution in [0.25, 0.3) is 5.65 Å². The Balaban J connectivity index is 1.66. The van der Waals surface area contributed by atoms with Crippen LogP contribution in [-0.4, -0.2) is 32.4 Å². The summed E-state index contributed by atoms with van der Waals surface area (Å²) in [4.78, 5) is 0. The van der Waals surface area contributed by atoms with Gasteiger partial charge >= 0.3 is 0 Å². The van der Waals surface area contributed by atoms with Crippen LogP contribution < -0.4 is 5.32 Å². The lowest BCUT2D eigenvalue weighted by Crippen LogP contribution is -2.24. The second-order valence-corrected chi connectivity index (χ2v) is 5.93. The van der Waals surface area contributed by atoms with Crippen molar-refractivity contribution in [1.82, 2.24) is 19.9 Å². The largest absolute Gasteiger partial charge is 0.313 e. The lowest BCUT2D eigenvalue weighted by Gasteiger charge is -2.10. The Kier molecular flexibility index (Phi) is 3.03. The van der Waals surface area contributed by atoms with Crippen LogP contribution in [0.15, 0.2) is 29.6 Å². The minimum atomic E-state index is 0.517. The number of hydrogen-bond donors (Lipinski definition) is 1. The van der Waals surface area contributed by atoms with Gasteiger partial charge in [-0.05, 0) is 25.0 Å². The maximum absolute atomic E-state index is 4.23. The highest BCUT2D eigenvalue weighted by atomic mass is 32.2. The molecule has 0 aliphatic heterocycles. The number of aromatic nitrogens is 3. The van der Waals surface area contributed by atoms with Crippen molar-refractivity contribution < 1.29 is 0 Å². The molecule has 1 unspecified atom stereocenters. The first kappa shape index (κ1) is 11.0. The maximum Gasteiger partial charge on any atom is 0.195 e. The third-order valence-corrected chi connectivity index (χ3v) is 3.92. The van der Waals surface area contributed by atoms with Gasteiger partial charge in [0.2, 0.25) is 0 Å². The Morgan fingerprint density at radius 3 is 3.18 bits per heavy atom. The first-order valence-corrected chi connectivity index (χ1v) is 6.91. The van der Waals surface area contributed by atoms with Crippen LogP contribution in [0.3, 0.4) is 0 Å². The van der Waals surface area contributed by atoms with Gasteiger partial charge in [0.05, 0.1) is 0 Å². The average Bonchev–Trinajstić information content (AvgIpc) is 3.10. The SMILES string of the molecule is CC(CNC1CC1)Sc1nnc2ccccn12. The smallest absolute Gasteiger partial charge is 0.195 e. The van der Waals surface area contributed by atoms with Gasteiger partial charge in [-0.15, -0.1) is 10.2 Å². The van der Waals surface area contributed by atoms with Gasteiger partial charge in [-0.25, -0.2) is 0 Å². The fourth-order valence-corrected chi connectivity index (χ4v) is 2.64. The van der Waals surface area contributed by atoms with E-state index < -0.39 is 0 Å². The van der Waals surface area contributed by atoms with E-state index in [0.29, 0.717) is 5.25 Å². The monoisotopic (exact) mass is 248 g/mol. The fourth-order valence-electron chi connectivity index (χ4n) is 1.74. The molecule has 0 saturated heterocycles.